The van der Waals surface area contributed by atoms with Crippen molar-refractivity contribution in [1.82, 2.24) is 0 Å². The minimum Gasteiger partial charge on any atom is -0.497 e. The van der Waals surface area contributed by atoms with Crippen LogP contribution in [0.25, 0.3) is 0 Å². The van der Waals surface area contributed by atoms with Gasteiger partial charge < -0.3 is 24.0 Å². The Balaban J connectivity index is 1.81. The Hall–Kier alpha value is -2.68. The Labute approximate surface area is 166 Å². The van der Waals surface area contributed by atoms with Crippen LogP contribution in [0.15, 0.2) is 42.5 Å². The van der Waals surface area contributed by atoms with E-state index in [1.807, 2.05) is 30.3 Å². The van der Waals surface area contributed by atoms with Crippen LogP contribution in [0.3, 0.4) is 0 Å². The minimum absolute atomic E-state index is 0.732. The largest absolute Gasteiger partial charge is 0.497 e. The minimum atomic E-state index is 0.732. The Morgan fingerprint density at radius 1 is 0.786 bits per heavy atom. The average molecular weight is 378 g/mol. The van der Waals surface area contributed by atoms with Crippen molar-refractivity contribution >= 4 is 11.4 Å². The van der Waals surface area contributed by atoms with Crippen molar-refractivity contribution in [3.63, 3.8) is 0 Å². The van der Waals surface area contributed by atoms with E-state index in [0.717, 1.165) is 80.9 Å². The summed E-state index contributed by atoms with van der Waals surface area (Å²) < 4.78 is 16.7. The van der Waals surface area contributed by atoms with Gasteiger partial charge in [-0.3, -0.25) is 0 Å². The third-order valence-electron chi connectivity index (χ3n) is 5.12. The van der Waals surface area contributed by atoms with E-state index < -0.39 is 0 Å². The maximum Gasteiger partial charge on any atom is 0.123 e. The van der Waals surface area contributed by atoms with Crippen molar-refractivity contribution in [2.24, 2.45) is 0 Å². The Morgan fingerprint density at radius 2 is 1.32 bits per heavy atom. The fraction of sp³-hybridized carbons (Fsp3) is 0.391. The molecule has 0 aliphatic carbocycles. The topological polar surface area (TPSA) is 34.2 Å². The highest BCUT2D eigenvalue weighted by Gasteiger charge is 2.22. The predicted molar refractivity (Wildman–Crippen MR) is 111 cm³/mol. The van der Waals surface area contributed by atoms with E-state index in [1.54, 1.807) is 7.11 Å². The van der Waals surface area contributed by atoms with Crippen molar-refractivity contribution in [1.29, 1.82) is 0 Å². The van der Waals surface area contributed by atoms with E-state index in [1.165, 1.54) is 0 Å². The van der Waals surface area contributed by atoms with Crippen LogP contribution in [0.1, 0.15) is 11.1 Å². The van der Waals surface area contributed by atoms with Gasteiger partial charge in [0, 0.05) is 43.9 Å². The Morgan fingerprint density at radius 3 is 1.82 bits per heavy atom. The highest BCUT2D eigenvalue weighted by atomic mass is 16.5. The van der Waals surface area contributed by atoms with Gasteiger partial charge in [-0.1, -0.05) is 30.0 Å². The first-order valence-electron chi connectivity index (χ1n) is 9.79. The van der Waals surface area contributed by atoms with Crippen LogP contribution in [0, 0.1) is 11.8 Å². The molecule has 2 fully saturated rings. The van der Waals surface area contributed by atoms with E-state index in [-0.39, 0.29) is 0 Å². The summed E-state index contributed by atoms with van der Waals surface area (Å²) in [6.45, 7) is 6.35. The molecule has 2 aliphatic heterocycles. The number of morpholine rings is 2. The molecule has 5 heteroatoms. The summed E-state index contributed by atoms with van der Waals surface area (Å²) in [6.07, 6.45) is 0. The fourth-order valence-electron chi connectivity index (χ4n) is 3.60. The number of benzene rings is 2. The molecule has 2 aliphatic rings. The summed E-state index contributed by atoms with van der Waals surface area (Å²) in [5.74, 6) is 7.68. The van der Waals surface area contributed by atoms with E-state index >= 15 is 0 Å². The lowest BCUT2D eigenvalue weighted by atomic mass is 10.1. The first-order valence-corrected chi connectivity index (χ1v) is 9.79. The molecule has 4 rings (SSSR count). The number of rotatable bonds is 3. The standard InChI is InChI=1S/C23H26N2O3/c1-26-20-17-22(24-9-13-27-14-10-24)21(8-7-19-5-3-2-4-6-19)23(18-20)25-11-15-28-16-12-25/h2-6,17-18H,9-16H2,1H3. The first kappa shape index (κ1) is 18.7. The summed E-state index contributed by atoms with van der Waals surface area (Å²) in [5, 5.41) is 0. The molecule has 0 unspecified atom stereocenters. The van der Waals surface area contributed by atoms with E-state index in [9.17, 15) is 0 Å². The third kappa shape index (κ3) is 4.24. The van der Waals surface area contributed by atoms with Crippen LogP contribution in [-0.4, -0.2) is 59.7 Å². The van der Waals surface area contributed by atoms with Crippen LogP contribution in [-0.2, 0) is 9.47 Å². The quantitative estimate of drug-likeness (QED) is 0.768. The lowest BCUT2D eigenvalue weighted by molar-refractivity contribution is 0.122. The van der Waals surface area contributed by atoms with Gasteiger partial charge in [0.15, 0.2) is 0 Å². The lowest BCUT2D eigenvalue weighted by Crippen LogP contribution is -2.38. The summed E-state index contributed by atoms with van der Waals surface area (Å²) in [6, 6.07) is 14.3. The SMILES string of the molecule is COc1cc(N2CCOCC2)c(C#Cc2ccccc2)c(N2CCOCC2)c1. The molecule has 146 valence electrons. The van der Waals surface area contributed by atoms with E-state index in [2.05, 4.69) is 33.8 Å². The molecule has 0 spiro atoms. The molecule has 28 heavy (non-hydrogen) atoms. The molecule has 5 nitrogen and oxygen atoms in total. The summed E-state index contributed by atoms with van der Waals surface area (Å²) in [4.78, 5) is 4.70. The Kier molecular flexibility index (Phi) is 6.01. The summed E-state index contributed by atoms with van der Waals surface area (Å²) in [7, 11) is 1.72. The average Bonchev–Trinajstić information content (AvgIpc) is 2.79. The van der Waals surface area contributed by atoms with Gasteiger partial charge >= 0.3 is 0 Å². The van der Waals surface area contributed by atoms with Gasteiger partial charge in [-0.25, -0.2) is 0 Å². The molecule has 0 atom stereocenters. The van der Waals surface area contributed by atoms with Crippen molar-refractivity contribution in [3.8, 4) is 17.6 Å². The molecule has 2 saturated heterocycles. The molecule has 0 aromatic heterocycles. The molecule has 2 heterocycles. The molecule has 0 radical (unpaired) electrons. The molecular weight excluding hydrogens is 352 g/mol. The predicted octanol–water partition coefficient (Wildman–Crippen LogP) is 2.77. The third-order valence-corrected chi connectivity index (χ3v) is 5.12. The number of hydrogen-bond donors (Lipinski definition) is 0. The van der Waals surface area contributed by atoms with Gasteiger partial charge in [0.25, 0.3) is 0 Å². The zero-order chi connectivity index (χ0) is 19.2. The van der Waals surface area contributed by atoms with Crippen LogP contribution in [0.2, 0.25) is 0 Å². The second-order valence-corrected chi connectivity index (χ2v) is 6.86. The highest BCUT2D eigenvalue weighted by molar-refractivity contribution is 5.77. The van der Waals surface area contributed by atoms with Crippen molar-refractivity contribution < 1.29 is 14.2 Å². The molecule has 0 amide bonds. The number of methoxy groups -OCH3 is 1. The number of hydrogen-bond acceptors (Lipinski definition) is 5. The van der Waals surface area contributed by atoms with Crippen molar-refractivity contribution in [2.45, 2.75) is 0 Å². The highest BCUT2D eigenvalue weighted by Crippen LogP contribution is 2.35. The second-order valence-electron chi connectivity index (χ2n) is 6.86. The van der Waals surface area contributed by atoms with Gasteiger partial charge in [0.2, 0.25) is 0 Å². The number of ether oxygens (including phenoxy) is 3. The second kappa shape index (κ2) is 9.01. The monoisotopic (exact) mass is 378 g/mol. The summed E-state index contributed by atoms with van der Waals surface area (Å²) >= 11 is 0. The zero-order valence-electron chi connectivity index (χ0n) is 16.3. The van der Waals surface area contributed by atoms with Gasteiger partial charge in [-0.2, -0.15) is 0 Å². The maximum atomic E-state index is 5.63. The van der Waals surface area contributed by atoms with Crippen molar-refractivity contribution in [3.05, 3.63) is 53.6 Å². The van der Waals surface area contributed by atoms with Crippen LogP contribution >= 0.6 is 0 Å². The molecule has 2 aromatic rings. The van der Waals surface area contributed by atoms with Crippen LogP contribution in [0.5, 0.6) is 5.75 Å². The van der Waals surface area contributed by atoms with E-state index in [4.69, 9.17) is 14.2 Å². The van der Waals surface area contributed by atoms with Crippen LogP contribution < -0.4 is 14.5 Å². The molecule has 0 saturated carbocycles. The molecular formula is C23H26N2O3. The van der Waals surface area contributed by atoms with Gasteiger partial charge in [-0.15, -0.1) is 0 Å². The van der Waals surface area contributed by atoms with Gasteiger partial charge in [0.05, 0.1) is 50.5 Å². The molecule has 2 aromatic carbocycles. The fourth-order valence-corrected chi connectivity index (χ4v) is 3.60. The van der Waals surface area contributed by atoms with E-state index in [0.29, 0.717) is 0 Å². The normalized spacial score (nSPS) is 17.0. The Bertz CT molecular complexity index is 806. The first-order chi connectivity index (χ1) is 13.8. The number of anilines is 2. The summed E-state index contributed by atoms with van der Waals surface area (Å²) in [5.41, 5.74) is 4.30. The van der Waals surface area contributed by atoms with Gasteiger partial charge in [0.1, 0.15) is 5.75 Å². The lowest BCUT2D eigenvalue weighted by Gasteiger charge is -2.34. The van der Waals surface area contributed by atoms with Crippen molar-refractivity contribution in [2.75, 3.05) is 69.5 Å². The zero-order valence-corrected chi connectivity index (χ0v) is 16.3. The van der Waals surface area contributed by atoms with Gasteiger partial charge in [-0.05, 0) is 12.1 Å². The maximum absolute atomic E-state index is 5.63. The van der Waals surface area contributed by atoms with Crippen LogP contribution in [0.4, 0.5) is 11.4 Å². The number of nitrogens with zero attached hydrogens (tertiary/aromatic N) is 2. The molecule has 0 N–H and O–H groups in total. The smallest absolute Gasteiger partial charge is 0.123 e. The molecule has 0 bridgehead atoms.